The summed E-state index contributed by atoms with van der Waals surface area (Å²) in [6.07, 6.45) is 0.990. The zero-order valence-corrected chi connectivity index (χ0v) is 14.9. The first-order valence-corrected chi connectivity index (χ1v) is 7.83. The molecule has 7 N–H and O–H groups in total. The van der Waals surface area contributed by atoms with Gasteiger partial charge in [-0.05, 0) is 31.6 Å². The molecule has 3 atom stereocenters. The fourth-order valence-electron chi connectivity index (χ4n) is 1.59. The number of carboxylic acid groups (broad SMARTS) is 3. The minimum atomic E-state index is -1.03. The standard InChI is InChI=1S/C9H18N2O4.C6H13NO2/c1-5(2)4-7(9(14)15)11-10-6(3)8(12)13;1-4(2)3-5(7)6(8)9/h5-7,10-11H,4H2,1-3H3,(H,12,13)(H,14,15);4-5H,3,7H2,1-2H3,(H,8,9)/t6-,7-;5-/m00/s1. The van der Waals surface area contributed by atoms with Gasteiger partial charge in [0.05, 0.1) is 0 Å². The molecule has 9 nitrogen and oxygen atoms in total. The van der Waals surface area contributed by atoms with Gasteiger partial charge in [-0.1, -0.05) is 27.7 Å². The maximum absolute atomic E-state index is 10.8. The maximum atomic E-state index is 10.8. The zero-order chi connectivity index (χ0) is 19.4. The first kappa shape index (κ1) is 24.5. The second kappa shape index (κ2) is 12.7. The van der Waals surface area contributed by atoms with E-state index >= 15 is 0 Å². The Hall–Kier alpha value is -1.71. The molecule has 0 aliphatic rings. The summed E-state index contributed by atoms with van der Waals surface area (Å²) in [5.74, 6) is -2.36. The SMILES string of the molecule is CC(C)C[C@H](N)C(=O)O.CC(C)C[C@H](NN[C@@H](C)C(=O)O)C(=O)O. The molecule has 0 rings (SSSR count). The lowest BCUT2D eigenvalue weighted by Gasteiger charge is -2.18. The predicted octanol–water partition coefficient (Wildman–Crippen LogP) is 0.497. The van der Waals surface area contributed by atoms with Crippen LogP contribution in [0, 0.1) is 11.8 Å². The van der Waals surface area contributed by atoms with Crippen molar-refractivity contribution in [1.82, 2.24) is 10.9 Å². The summed E-state index contributed by atoms with van der Waals surface area (Å²) in [7, 11) is 0. The van der Waals surface area contributed by atoms with Crippen molar-refractivity contribution in [2.24, 2.45) is 17.6 Å². The maximum Gasteiger partial charge on any atom is 0.322 e. The molecule has 0 heterocycles. The molecule has 0 radical (unpaired) electrons. The van der Waals surface area contributed by atoms with Gasteiger partial charge in [-0.3, -0.25) is 14.4 Å². The van der Waals surface area contributed by atoms with Crippen LogP contribution in [0.25, 0.3) is 0 Å². The third-order valence-corrected chi connectivity index (χ3v) is 2.89. The fourth-order valence-corrected chi connectivity index (χ4v) is 1.59. The fraction of sp³-hybridized carbons (Fsp3) is 0.800. The summed E-state index contributed by atoms with van der Waals surface area (Å²) < 4.78 is 0. The van der Waals surface area contributed by atoms with Crippen LogP contribution in [0.15, 0.2) is 0 Å². The number of hydrogen-bond acceptors (Lipinski definition) is 6. The lowest BCUT2D eigenvalue weighted by molar-refractivity contribution is -0.143. The monoisotopic (exact) mass is 349 g/mol. The molecule has 0 saturated heterocycles. The predicted molar refractivity (Wildman–Crippen MR) is 89.3 cm³/mol. The minimum absolute atomic E-state index is 0.223. The molecule has 0 aliphatic carbocycles. The van der Waals surface area contributed by atoms with Crippen molar-refractivity contribution in [2.45, 2.75) is 65.6 Å². The molecular weight excluding hydrogens is 318 g/mol. The van der Waals surface area contributed by atoms with Gasteiger partial charge in [0.25, 0.3) is 0 Å². The van der Waals surface area contributed by atoms with Gasteiger partial charge in [0.15, 0.2) is 0 Å². The van der Waals surface area contributed by atoms with E-state index in [9.17, 15) is 14.4 Å². The van der Waals surface area contributed by atoms with Gasteiger partial charge in [-0.2, -0.15) is 0 Å². The van der Waals surface area contributed by atoms with Crippen LogP contribution in [-0.4, -0.2) is 51.4 Å². The summed E-state index contributed by atoms with van der Waals surface area (Å²) in [5.41, 5.74) is 10.2. The van der Waals surface area contributed by atoms with E-state index in [0.29, 0.717) is 18.8 Å². The van der Waals surface area contributed by atoms with Gasteiger partial charge < -0.3 is 21.1 Å². The Kier molecular flexibility index (Phi) is 13.0. The van der Waals surface area contributed by atoms with E-state index in [2.05, 4.69) is 10.9 Å². The minimum Gasteiger partial charge on any atom is -0.480 e. The molecule has 0 unspecified atom stereocenters. The lowest BCUT2D eigenvalue weighted by atomic mass is 10.0. The summed E-state index contributed by atoms with van der Waals surface area (Å²) in [6.45, 7) is 9.13. The van der Waals surface area contributed by atoms with E-state index in [-0.39, 0.29) is 5.92 Å². The first-order chi connectivity index (χ1) is 10.9. The Morgan fingerprint density at radius 1 is 0.792 bits per heavy atom. The number of carbonyl (C=O) groups is 3. The molecule has 0 fully saturated rings. The van der Waals surface area contributed by atoms with Crippen LogP contribution in [0.1, 0.15) is 47.5 Å². The third kappa shape index (κ3) is 13.9. The van der Waals surface area contributed by atoms with Crippen LogP contribution in [-0.2, 0) is 14.4 Å². The van der Waals surface area contributed by atoms with E-state index in [0.717, 1.165) is 0 Å². The van der Waals surface area contributed by atoms with Crippen molar-refractivity contribution < 1.29 is 29.7 Å². The van der Waals surface area contributed by atoms with Crippen molar-refractivity contribution >= 4 is 17.9 Å². The molecule has 0 bridgehead atoms. The van der Waals surface area contributed by atoms with Gasteiger partial charge >= 0.3 is 17.9 Å². The van der Waals surface area contributed by atoms with Crippen LogP contribution < -0.4 is 16.6 Å². The molecule has 0 amide bonds. The summed E-state index contributed by atoms with van der Waals surface area (Å²) in [4.78, 5) is 31.3. The Labute approximate surface area is 142 Å². The smallest absolute Gasteiger partial charge is 0.322 e. The number of hydrogen-bond donors (Lipinski definition) is 6. The lowest BCUT2D eigenvalue weighted by Crippen LogP contribution is -2.51. The van der Waals surface area contributed by atoms with Crippen LogP contribution in [0.5, 0.6) is 0 Å². The van der Waals surface area contributed by atoms with Crippen molar-refractivity contribution in [1.29, 1.82) is 0 Å². The average Bonchev–Trinajstić information content (AvgIpc) is 2.42. The Balaban J connectivity index is 0. The van der Waals surface area contributed by atoms with Gasteiger partial charge in [0.1, 0.15) is 18.1 Å². The molecule has 0 saturated carbocycles. The molecule has 0 aromatic heterocycles. The normalized spacial score (nSPS) is 14.5. The zero-order valence-electron chi connectivity index (χ0n) is 14.9. The van der Waals surface area contributed by atoms with E-state index in [1.54, 1.807) is 0 Å². The Morgan fingerprint density at radius 2 is 1.25 bits per heavy atom. The number of carboxylic acids is 3. The third-order valence-electron chi connectivity index (χ3n) is 2.89. The number of rotatable bonds is 10. The number of aliphatic carboxylic acids is 3. The van der Waals surface area contributed by atoms with Crippen LogP contribution in [0.3, 0.4) is 0 Å². The number of nitrogens with one attached hydrogen (secondary N) is 2. The second-order valence-corrected chi connectivity index (χ2v) is 6.44. The van der Waals surface area contributed by atoms with E-state index < -0.39 is 36.0 Å². The number of nitrogens with two attached hydrogens (primary N) is 1. The highest BCUT2D eigenvalue weighted by molar-refractivity contribution is 5.74. The quantitative estimate of drug-likeness (QED) is 0.308. The Morgan fingerprint density at radius 3 is 1.50 bits per heavy atom. The average molecular weight is 349 g/mol. The van der Waals surface area contributed by atoms with Crippen LogP contribution in [0.2, 0.25) is 0 Å². The van der Waals surface area contributed by atoms with E-state index in [4.69, 9.17) is 21.1 Å². The summed E-state index contributed by atoms with van der Waals surface area (Å²) in [5, 5.41) is 25.7. The van der Waals surface area contributed by atoms with Crippen LogP contribution in [0.4, 0.5) is 0 Å². The molecule has 0 aliphatic heterocycles. The summed E-state index contributed by atoms with van der Waals surface area (Å²) >= 11 is 0. The second-order valence-electron chi connectivity index (χ2n) is 6.44. The topological polar surface area (TPSA) is 162 Å². The first-order valence-electron chi connectivity index (χ1n) is 7.83. The molecule has 9 heteroatoms. The highest BCUT2D eigenvalue weighted by Gasteiger charge is 2.20. The van der Waals surface area contributed by atoms with Crippen molar-refractivity contribution in [3.8, 4) is 0 Å². The Bertz CT molecular complexity index is 401. The van der Waals surface area contributed by atoms with Crippen molar-refractivity contribution in [3.63, 3.8) is 0 Å². The van der Waals surface area contributed by atoms with Crippen LogP contribution >= 0.6 is 0 Å². The van der Waals surface area contributed by atoms with E-state index in [1.807, 2.05) is 27.7 Å². The molecule has 0 aromatic carbocycles. The van der Waals surface area contributed by atoms with Gasteiger partial charge in [0, 0.05) is 0 Å². The molecule has 24 heavy (non-hydrogen) atoms. The molecular formula is C15H31N3O6. The van der Waals surface area contributed by atoms with Crippen molar-refractivity contribution in [2.75, 3.05) is 0 Å². The van der Waals surface area contributed by atoms with Gasteiger partial charge in [-0.25, -0.2) is 10.9 Å². The molecule has 0 aromatic rings. The van der Waals surface area contributed by atoms with Gasteiger partial charge in [-0.15, -0.1) is 0 Å². The van der Waals surface area contributed by atoms with E-state index in [1.165, 1.54) is 6.92 Å². The van der Waals surface area contributed by atoms with Crippen molar-refractivity contribution in [3.05, 3.63) is 0 Å². The largest absolute Gasteiger partial charge is 0.480 e. The summed E-state index contributed by atoms with van der Waals surface area (Å²) in [6, 6.07) is -2.28. The number of hydrazine groups is 1. The van der Waals surface area contributed by atoms with Gasteiger partial charge in [0.2, 0.25) is 0 Å². The highest BCUT2D eigenvalue weighted by atomic mass is 16.4. The molecule has 142 valence electrons. The highest BCUT2D eigenvalue weighted by Crippen LogP contribution is 2.04. The molecule has 0 spiro atoms.